The molecule has 2 rings (SSSR count). The SMILES string of the molecule is CNC(CCS)c1cccc2ccccc12. The van der Waals surface area contributed by atoms with Gasteiger partial charge in [-0.1, -0.05) is 42.5 Å². The zero-order chi connectivity index (χ0) is 11.4. The highest BCUT2D eigenvalue weighted by atomic mass is 32.1. The van der Waals surface area contributed by atoms with E-state index in [2.05, 4.69) is 60.4 Å². The fourth-order valence-corrected chi connectivity index (χ4v) is 2.40. The predicted molar refractivity (Wildman–Crippen MR) is 74.2 cm³/mol. The summed E-state index contributed by atoms with van der Waals surface area (Å²) in [7, 11) is 2.01. The van der Waals surface area contributed by atoms with Crippen molar-refractivity contribution in [3.05, 3.63) is 48.0 Å². The lowest BCUT2D eigenvalue weighted by molar-refractivity contribution is 0.586. The van der Waals surface area contributed by atoms with Crippen molar-refractivity contribution in [1.82, 2.24) is 5.32 Å². The number of fused-ring (bicyclic) bond motifs is 1. The molecule has 0 saturated heterocycles. The van der Waals surface area contributed by atoms with Crippen molar-refractivity contribution >= 4 is 23.4 Å². The summed E-state index contributed by atoms with van der Waals surface area (Å²) in [6.45, 7) is 0. The van der Waals surface area contributed by atoms with Gasteiger partial charge in [-0.3, -0.25) is 0 Å². The summed E-state index contributed by atoms with van der Waals surface area (Å²) in [5.41, 5.74) is 1.37. The summed E-state index contributed by atoms with van der Waals surface area (Å²) in [6.07, 6.45) is 1.05. The molecule has 0 radical (unpaired) electrons. The van der Waals surface area contributed by atoms with Crippen LogP contribution in [0.1, 0.15) is 18.0 Å². The Labute approximate surface area is 102 Å². The van der Waals surface area contributed by atoms with Crippen LogP contribution in [0, 0.1) is 0 Å². The molecule has 0 heterocycles. The van der Waals surface area contributed by atoms with E-state index in [-0.39, 0.29) is 0 Å². The van der Waals surface area contributed by atoms with Crippen LogP contribution in [0.4, 0.5) is 0 Å². The van der Waals surface area contributed by atoms with Crippen LogP contribution in [0.25, 0.3) is 10.8 Å². The fraction of sp³-hybridized carbons (Fsp3) is 0.286. The molecular formula is C14H17NS. The quantitative estimate of drug-likeness (QED) is 0.768. The molecule has 1 atom stereocenters. The van der Waals surface area contributed by atoms with Crippen molar-refractivity contribution in [2.75, 3.05) is 12.8 Å². The highest BCUT2D eigenvalue weighted by Gasteiger charge is 2.10. The van der Waals surface area contributed by atoms with Gasteiger partial charge in [-0.2, -0.15) is 12.6 Å². The van der Waals surface area contributed by atoms with Gasteiger partial charge in [-0.05, 0) is 35.6 Å². The van der Waals surface area contributed by atoms with Crippen LogP contribution in [-0.2, 0) is 0 Å². The maximum Gasteiger partial charge on any atom is 0.0331 e. The molecule has 2 aromatic rings. The molecule has 0 bridgehead atoms. The van der Waals surface area contributed by atoms with E-state index in [4.69, 9.17) is 0 Å². The van der Waals surface area contributed by atoms with Crippen molar-refractivity contribution in [3.63, 3.8) is 0 Å². The van der Waals surface area contributed by atoms with E-state index in [0.717, 1.165) is 12.2 Å². The average Bonchev–Trinajstić information content (AvgIpc) is 2.35. The number of hydrogen-bond acceptors (Lipinski definition) is 2. The molecule has 0 amide bonds. The van der Waals surface area contributed by atoms with Crippen molar-refractivity contribution in [1.29, 1.82) is 0 Å². The van der Waals surface area contributed by atoms with Gasteiger partial charge >= 0.3 is 0 Å². The second-order valence-electron chi connectivity index (χ2n) is 3.92. The molecule has 0 aliphatic carbocycles. The molecule has 0 fully saturated rings. The van der Waals surface area contributed by atoms with Gasteiger partial charge in [-0.15, -0.1) is 0 Å². The van der Waals surface area contributed by atoms with E-state index >= 15 is 0 Å². The molecule has 2 aromatic carbocycles. The highest BCUT2D eigenvalue weighted by molar-refractivity contribution is 7.80. The van der Waals surface area contributed by atoms with Crippen LogP contribution in [0.2, 0.25) is 0 Å². The third kappa shape index (κ3) is 2.23. The molecule has 84 valence electrons. The van der Waals surface area contributed by atoms with Gasteiger partial charge in [0.2, 0.25) is 0 Å². The molecule has 0 spiro atoms. The van der Waals surface area contributed by atoms with Crippen molar-refractivity contribution in [3.8, 4) is 0 Å². The van der Waals surface area contributed by atoms with E-state index in [0.29, 0.717) is 6.04 Å². The van der Waals surface area contributed by atoms with Crippen molar-refractivity contribution in [2.24, 2.45) is 0 Å². The lowest BCUT2D eigenvalue weighted by Crippen LogP contribution is -2.17. The summed E-state index contributed by atoms with van der Waals surface area (Å²) < 4.78 is 0. The smallest absolute Gasteiger partial charge is 0.0331 e. The summed E-state index contributed by atoms with van der Waals surface area (Å²) in [6, 6.07) is 15.4. The van der Waals surface area contributed by atoms with Gasteiger partial charge in [0.1, 0.15) is 0 Å². The summed E-state index contributed by atoms with van der Waals surface area (Å²) in [5, 5.41) is 6.01. The highest BCUT2D eigenvalue weighted by Crippen LogP contribution is 2.26. The van der Waals surface area contributed by atoms with Crippen LogP contribution in [0.5, 0.6) is 0 Å². The molecular weight excluding hydrogens is 214 g/mol. The largest absolute Gasteiger partial charge is 0.313 e. The molecule has 1 N–H and O–H groups in total. The standard InChI is InChI=1S/C14H17NS/c1-15-14(9-10-16)13-8-4-6-11-5-2-3-7-12(11)13/h2-8,14-16H,9-10H2,1H3. The maximum atomic E-state index is 4.32. The Morgan fingerprint density at radius 1 is 1.12 bits per heavy atom. The number of thiol groups is 1. The van der Waals surface area contributed by atoms with Crippen LogP contribution in [0.3, 0.4) is 0 Å². The van der Waals surface area contributed by atoms with Crippen LogP contribution in [-0.4, -0.2) is 12.8 Å². The van der Waals surface area contributed by atoms with Gasteiger partial charge in [0, 0.05) is 6.04 Å². The van der Waals surface area contributed by atoms with Crippen molar-refractivity contribution in [2.45, 2.75) is 12.5 Å². The molecule has 1 unspecified atom stereocenters. The van der Waals surface area contributed by atoms with Crippen molar-refractivity contribution < 1.29 is 0 Å². The van der Waals surface area contributed by atoms with E-state index in [9.17, 15) is 0 Å². The molecule has 1 nitrogen and oxygen atoms in total. The first-order chi connectivity index (χ1) is 7.86. The maximum absolute atomic E-state index is 4.32. The lowest BCUT2D eigenvalue weighted by Gasteiger charge is -2.17. The summed E-state index contributed by atoms with van der Waals surface area (Å²) >= 11 is 4.32. The average molecular weight is 231 g/mol. The topological polar surface area (TPSA) is 12.0 Å². The minimum absolute atomic E-state index is 0.392. The Hall–Kier alpha value is -0.990. The number of rotatable bonds is 4. The second kappa shape index (κ2) is 5.37. The minimum atomic E-state index is 0.392. The minimum Gasteiger partial charge on any atom is -0.313 e. The third-order valence-electron chi connectivity index (χ3n) is 2.97. The molecule has 0 aromatic heterocycles. The number of hydrogen-bond donors (Lipinski definition) is 2. The van der Waals surface area contributed by atoms with Crippen LogP contribution >= 0.6 is 12.6 Å². The Kier molecular flexibility index (Phi) is 3.86. The number of nitrogens with one attached hydrogen (secondary N) is 1. The molecule has 2 heteroatoms. The van der Waals surface area contributed by atoms with E-state index < -0.39 is 0 Å². The zero-order valence-corrected chi connectivity index (χ0v) is 10.4. The fourth-order valence-electron chi connectivity index (χ4n) is 2.14. The normalized spacial score (nSPS) is 12.9. The van der Waals surface area contributed by atoms with E-state index in [1.807, 2.05) is 7.05 Å². The molecule has 0 saturated carbocycles. The molecule has 16 heavy (non-hydrogen) atoms. The number of benzene rings is 2. The summed E-state index contributed by atoms with van der Waals surface area (Å²) in [5.74, 6) is 0.898. The van der Waals surface area contributed by atoms with Gasteiger partial charge in [-0.25, -0.2) is 0 Å². The Balaban J connectivity index is 2.50. The summed E-state index contributed by atoms with van der Waals surface area (Å²) in [4.78, 5) is 0. The first-order valence-corrected chi connectivity index (χ1v) is 6.26. The Morgan fingerprint density at radius 3 is 2.62 bits per heavy atom. The first kappa shape index (κ1) is 11.5. The van der Waals surface area contributed by atoms with Gasteiger partial charge in [0.15, 0.2) is 0 Å². The lowest BCUT2D eigenvalue weighted by atomic mass is 9.97. The van der Waals surface area contributed by atoms with E-state index in [1.54, 1.807) is 0 Å². The Morgan fingerprint density at radius 2 is 1.88 bits per heavy atom. The monoisotopic (exact) mass is 231 g/mol. The third-order valence-corrected chi connectivity index (χ3v) is 3.22. The van der Waals surface area contributed by atoms with E-state index in [1.165, 1.54) is 16.3 Å². The first-order valence-electron chi connectivity index (χ1n) is 5.62. The van der Waals surface area contributed by atoms with Crippen LogP contribution < -0.4 is 5.32 Å². The van der Waals surface area contributed by atoms with Gasteiger partial charge in [0.05, 0.1) is 0 Å². The molecule has 0 aliphatic heterocycles. The predicted octanol–water partition coefficient (Wildman–Crippen LogP) is 3.42. The van der Waals surface area contributed by atoms with Gasteiger partial charge < -0.3 is 5.32 Å². The second-order valence-corrected chi connectivity index (χ2v) is 4.37. The Bertz CT molecular complexity index is 462. The van der Waals surface area contributed by atoms with Gasteiger partial charge in [0.25, 0.3) is 0 Å². The molecule has 0 aliphatic rings. The van der Waals surface area contributed by atoms with Crippen LogP contribution in [0.15, 0.2) is 42.5 Å². The zero-order valence-electron chi connectivity index (χ0n) is 9.48.